The van der Waals surface area contributed by atoms with E-state index in [1.54, 1.807) is 6.92 Å². The van der Waals surface area contributed by atoms with Crippen LogP contribution < -0.4 is 5.32 Å². The minimum atomic E-state index is -4.84. The first-order valence-corrected chi connectivity index (χ1v) is 9.33. The summed E-state index contributed by atoms with van der Waals surface area (Å²) >= 11 is 0. The number of hydrogen-bond donors (Lipinski definition) is 1. The van der Waals surface area contributed by atoms with Crippen LogP contribution in [-0.4, -0.2) is 25.4 Å². The van der Waals surface area contributed by atoms with Crippen molar-refractivity contribution in [3.8, 4) is 11.3 Å². The fraction of sp³-hybridized carbons (Fsp3) is 0.0952. The zero-order chi connectivity index (χ0) is 23.9. The third kappa shape index (κ3) is 4.35. The highest BCUT2D eigenvalue weighted by atomic mass is 19.4. The first-order chi connectivity index (χ1) is 15.5. The molecule has 0 aliphatic rings. The van der Waals surface area contributed by atoms with Crippen LogP contribution in [0.15, 0.2) is 54.6 Å². The number of nitro groups is 1. The molecule has 2 heterocycles. The maximum absolute atomic E-state index is 13.7. The van der Waals surface area contributed by atoms with Gasteiger partial charge in [0.1, 0.15) is 11.5 Å². The number of fused-ring (bicyclic) bond motifs is 1. The van der Waals surface area contributed by atoms with E-state index in [0.29, 0.717) is 10.1 Å². The molecule has 0 spiro atoms. The Morgan fingerprint density at radius 3 is 2.42 bits per heavy atom. The number of benzene rings is 2. The Hall–Kier alpha value is -4.35. The Morgan fingerprint density at radius 1 is 1.09 bits per heavy atom. The molecular formula is C21H13F4N5O3. The summed E-state index contributed by atoms with van der Waals surface area (Å²) in [6.07, 6.45) is -4.84. The summed E-state index contributed by atoms with van der Waals surface area (Å²) in [7, 11) is 0. The third-order valence-electron chi connectivity index (χ3n) is 4.69. The Morgan fingerprint density at radius 2 is 1.79 bits per heavy atom. The molecule has 33 heavy (non-hydrogen) atoms. The van der Waals surface area contributed by atoms with Crippen LogP contribution in [0.1, 0.15) is 21.7 Å². The van der Waals surface area contributed by atoms with E-state index < -0.39 is 34.2 Å². The van der Waals surface area contributed by atoms with Gasteiger partial charge in [0.05, 0.1) is 10.6 Å². The topological polar surface area (TPSA) is 102 Å². The van der Waals surface area contributed by atoms with E-state index in [9.17, 15) is 32.5 Å². The van der Waals surface area contributed by atoms with Crippen molar-refractivity contribution >= 4 is 22.9 Å². The number of nitro benzene ring substituents is 1. The highest BCUT2D eigenvalue weighted by molar-refractivity contribution is 6.04. The molecule has 12 heteroatoms. The minimum Gasteiger partial charge on any atom is -0.315 e. The summed E-state index contributed by atoms with van der Waals surface area (Å²) in [4.78, 5) is 27.3. The van der Waals surface area contributed by atoms with Crippen molar-refractivity contribution in [2.75, 3.05) is 5.32 Å². The zero-order valence-corrected chi connectivity index (χ0v) is 16.7. The minimum absolute atomic E-state index is 0.101. The van der Waals surface area contributed by atoms with Gasteiger partial charge in [-0.2, -0.15) is 18.3 Å². The summed E-state index contributed by atoms with van der Waals surface area (Å²) in [6, 6.07) is 10.6. The number of hydrogen-bond acceptors (Lipinski definition) is 5. The van der Waals surface area contributed by atoms with Crippen molar-refractivity contribution in [3.63, 3.8) is 0 Å². The number of anilines is 1. The number of halogens is 4. The summed E-state index contributed by atoms with van der Waals surface area (Å²) < 4.78 is 54.7. The molecule has 0 aliphatic carbocycles. The van der Waals surface area contributed by atoms with Gasteiger partial charge < -0.3 is 5.32 Å². The number of amides is 1. The first kappa shape index (κ1) is 21.9. The molecule has 0 fully saturated rings. The molecule has 0 radical (unpaired) electrons. The average molecular weight is 459 g/mol. The van der Waals surface area contributed by atoms with Gasteiger partial charge in [-0.05, 0) is 48.9 Å². The van der Waals surface area contributed by atoms with Crippen LogP contribution in [0.4, 0.5) is 28.9 Å². The van der Waals surface area contributed by atoms with E-state index in [4.69, 9.17) is 0 Å². The molecule has 1 amide bonds. The number of alkyl halides is 3. The average Bonchev–Trinajstić information content (AvgIpc) is 3.18. The SMILES string of the molecule is Cc1ccc(NC(=O)c2cc3nc(-c4ccc(F)cc4)cc(C(F)(F)F)n3n2)c([N+](=O)[O-])c1. The third-order valence-corrected chi connectivity index (χ3v) is 4.69. The number of carbonyl (C=O) groups excluding carboxylic acids is 1. The molecule has 0 bridgehead atoms. The number of rotatable bonds is 4. The Kier molecular flexibility index (Phi) is 5.28. The Labute approximate surface area is 182 Å². The molecule has 0 atom stereocenters. The van der Waals surface area contributed by atoms with E-state index in [-0.39, 0.29) is 28.3 Å². The van der Waals surface area contributed by atoms with Gasteiger partial charge in [0.25, 0.3) is 11.6 Å². The number of nitrogens with zero attached hydrogens (tertiary/aromatic N) is 4. The van der Waals surface area contributed by atoms with E-state index in [2.05, 4.69) is 15.4 Å². The van der Waals surface area contributed by atoms with Crippen LogP contribution in [0.3, 0.4) is 0 Å². The largest absolute Gasteiger partial charge is 0.433 e. The predicted molar refractivity (Wildman–Crippen MR) is 109 cm³/mol. The maximum atomic E-state index is 13.7. The van der Waals surface area contributed by atoms with Crippen LogP contribution in [0.5, 0.6) is 0 Å². The maximum Gasteiger partial charge on any atom is 0.433 e. The van der Waals surface area contributed by atoms with Crippen molar-refractivity contribution in [2.45, 2.75) is 13.1 Å². The predicted octanol–water partition coefficient (Wildman–Crippen LogP) is 5.02. The van der Waals surface area contributed by atoms with Crippen LogP contribution in [0.25, 0.3) is 16.9 Å². The molecular weight excluding hydrogens is 446 g/mol. The molecule has 1 N–H and O–H groups in total. The number of aryl methyl sites for hydroxylation is 1. The molecule has 0 saturated carbocycles. The molecule has 0 aliphatic heterocycles. The molecule has 2 aromatic heterocycles. The van der Waals surface area contributed by atoms with Gasteiger partial charge in [-0.25, -0.2) is 13.9 Å². The quantitative estimate of drug-likeness (QED) is 0.262. The Balaban J connectivity index is 1.78. The summed E-state index contributed by atoms with van der Waals surface area (Å²) in [5, 5.41) is 17.3. The number of carbonyl (C=O) groups is 1. The molecule has 0 saturated heterocycles. The molecule has 4 aromatic rings. The van der Waals surface area contributed by atoms with E-state index in [1.807, 2.05) is 0 Å². The van der Waals surface area contributed by atoms with Gasteiger partial charge >= 0.3 is 6.18 Å². The lowest BCUT2D eigenvalue weighted by Gasteiger charge is -2.11. The van der Waals surface area contributed by atoms with Crippen LogP contribution in [0, 0.1) is 22.9 Å². The van der Waals surface area contributed by atoms with Gasteiger partial charge in [0.2, 0.25) is 0 Å². The van der Waals surface area contributed by atoms with Gasteiger partial charge in [0, 0.05) is 17.7 Å². The van der Waals surface area contributed by atoms with Crippen molar-refractivity contribution < 1.29 is 27.3 Å². The molecule has 168 valence electrons. The van der Waals surface area contributed by atoms with Gasteiger partial charge in [-0.3, -0.25) is 14.9 Å². The second-order valence-electron chi connectivity index (χ2n) is 7.06. The van der Waals surface area contributed by atoms with Crippen LogP contribution >= 0.6 is 0 Å². The number of aromatic nitrogens is 3. The smallest absolute Gasteiger partial charge is 0.315 e. The molecule has 2 aromatic carbocycles. The summed E-state index contributed by atoms with van der Waals surface area (Å²) in [6.45, 7) is 1.63. The van der Waals surface area contributed by atoms with Crippen LogP contribution in [0.2, 0.25) is 0 Å². The lowest BCUT2D eigenvalue weighted by atomic mass is 10.1. The highest BCUT2D eigenvalue weighted by Gasteiger charge is 2.35. The van der Waals surface area contributed by atoms with Gasteiger partial charge in [-0.15, -0.1) is 0 Å². The summed E-state index contributed by atoms with van der Waals surface area (Å²) in [5.74, 6) is -1.52. The van der Waals surface area contributed by atoms with Crippen molar-refractivity contribution in [2.24, 2.45) is 0 Å². The second kappa shape index (κ2) is 7.97. The normalized spacial score (nSPS) is 11.5. The lowest BCUT2D eigenvalue weighted by Crippen LogP contribution is -2.16. The summed E-state index contributed by atoms with van der Waals surface area (Å²) in [5.41, 5.74) is -1.72. The Bertz CT molecular complexity index is 1400. The van der Waals surface area contributed by atoms with E-state index in [0.717, 1.165) is 24.3 Å². The standard InChI is InChI=1S/C21H13F4N5O3/c1-11-2-7-14(17(8-11)30(32)33)27-20(31)16-10-19-26-15(12-3-5-13(22)6-4-12)9-18(21(23,24)25)29(19)28-16/h2-10H,1H3,(H,27,31). The van der Waals surface area contributed by atoms with E-state index in [1.165, 1.54) is 30.3 Å². The monoisotopic (exact) mass is 459 g/mol. The first-order valence-electron chi connectivity index (χ1n) is 9.33. The fourth-order valence-electron chi connectivity index (χ4n) is 3.14. The second-order valence-corrected chi connectivity index (χ2v) is 7.06. The number of nitrogens with one attached hydrogen (secondary N) is 1. The van der Waals surface area contributed by atoms with Gasteiger partial charge in [-0.1, -0.05) is 6.07 Å². The van der Waals surface area contributed by atoms with Crippen molar-refractivity contribution in [1.29, 1.82) is 0 Å². The van der Waals surface area contributed by atoms with Crippen molar-refractivity contribution in [1.82, 2.24) is 14.6 Å². The van der Waals surface area contributed by atoms with Crippen LogP contribution in [-0.2, 0) is 6.18 Å². The van der Waals surface area contributed by atoms with Crippen molar-refractivity contribution in [3.05, 3.63) is 87.5 Å². The van der Waals surface area contributed by atoms with E-state index >= 15 is 0 Å². The fourth-order valence-corrected chi connectivity index (χ4v) is 3.14. The molecule has 4 rings (SSSR count). The van der Waals surface area contributed by atoms with Gasteiger partial charge in [0.15, 0.2) is 17.0 Å². The molecule has 0 unspecified atom stereocenters. The molecule has 8 nitrogen and oxygen atoms in total. The lowest BCUT2D eigenvalue weighted by molar-refractivity contribution is -0.384. The zero-order valence-electron chi connectivity index (χ0n) is 16.7. The highest BCUT2D eigenvalue weighted by Crippen LogP contribution is 2.32.